The molecule has 0 bridgehead atoms. The SMILES string of the molecule is Cc1ccc(C#N)c(NCCCOCC2CC2)c1. The van der Waals surface area contributed by atoms with E-state index in [-0.39, 0.29) is 0 Å². The van der Waals surface area contributed by atoms with Gasteiger partial charge in [-0.05, 0) is 49.8 Å². The molecule has 0 atom stereocenters. The zero-order valence-electron chi connectivity index (χ0n) is 10.9. The van der Waals surface area contributed by atoms with Gasteiger partial charge >= 0.3 is 0 Å². The van der Waals surface area contributed by atoms with Crippen molar-refractivity contribution >= 4 is 5.69 Å². The molecule has 1 N–H and O–H groups in total. The van der Waals surface area contributed by atoms with E-state index in [9.17, 15) is 0 Å². The summed E-state index contributed by atoms with van der Waals surface area (Å²) in [6.45, 7) is 4.61. The van der Waals surface area contributed by atoms with Gasteiger partial charge < -0.3 is 10.1 Å². The highest BCUT2D eigenvalue weighted by Crippen LogP contribution is 2.28. The van der Waals surface area contributed by atoms with E-state index < -0.39 is 0 Å². The number of nitrogens with one attached hydrogen (secondary N) is 1. The number of hydrogen-bond acceptors (Lipinski definition) is 3. The van der Waals surface area contributed by atoms with Gasteiger partial charge in [0.15, 0.2) is 0 Å². The Labute approximate surface area is 109 Å². The van der Waals surface area contributed by atoms with Crippen LogP contribution in [0.25, 0.3) is 0 Å². The lowest BCUT2D eigenvalue weighted by Gasteiger charge is -2.09. The van der Waals surface area contributed by atoms with Gasteiger partial charge in [0, 0.05) is 19.8 Å². The standard InChI is InChI=1S/C15H20N2O/c1-12-3-6-14(10-16)15(9-12)17-7-2-8-18-11-13-4-5-13/h3,6,9,13,17H,2,4-5,7-8,11H2,1H3. The van der Waals surface area contributed by atoms with Gasteiger partial charge in [-0.25, -0.2) is 0 Å². The Bertz CT molecular complexity index is 433. The highest BCUT2D eigenvalue weighted by molar-refractivity contribution is 5.58. The van der Waals surface area contributed by atoms with E-state index in [1.54, 1.807) is 0 Å². The highest BCUT2D eigenvalue weighted by Gasteiger charge is 2.20. The van der Waals surface area contributed by atoms with Gasteiger partial charge in [0.25, 0.3) is 0 Å². The lowest BCUT2D eigenvalue weighted by molar-refractivity contribution is 0.124. The fourth-order valence-electron chi connectivity index (χ4n) is 1.83. The Morgan fingerprint density at radius 2 is 2.28 bits per heavy atom. The number of benzene rings is 1. The lowest BCUT2D eigenvalue weighted by atomic mass is 10.1. The number of rotatable bonds is 7. The smallest absolute Gasteiger partial charge is 0.101 e. The Kier molecular flexibility index (Phi) is 4.60. The van der Waals surface area contributed by atoms with Gasteiger partial charge in [-0.2, -0.15) is 5.26 Å². The first-order valence-corrected chi connectivity index (χ1v) is 6.62. The van der Waals surface area contributed by atoms with Crippen LogP contribution < -0.4 is 5.32 Å². The molecule has 1 aliphatic carbocycles. The largest absolute Gasteiger partial charge is 0.384 e. The fourth-order valence-corrected chi connectivity index (χ4v) is 1.83. The van der Waals surface area contributed by atoms with Crippen LogP contribution in [0, 0.1) is 24.2 Å². The van der Waals surface area contributed by atoms with Gasteiger partial charge in [-0.3, -0.25) is 0 Å². The first kappa shape index (κ1) is 12.9. The minimum atomic E-state index is 0.708. The monoisotopic (exact) mass is 244 g/mol. The van der Waals surface area contributed by atoms with Crippen LogP contribution in [0.15, 0.2) is 18.2 Å². The third-order valence-electron chi connectivity index (χ3n) is 3.13. The van der Waals surface area contributed by atoms with Gasteiger partial charge in [-0.15, -0.1) is 0 Å². The molecule has 2 rings (SSSR count). The summed E-state index contributed by atoms with van der Waals surface area (Å²) >= 11 is 0. The molecule has 1 aromatic carbocycles. The van der Waals surface area contributed by atoms with E-state index in [2.05, 4.69) is 11.4 Å². The molecule has 0 amide bonds. The average Bonchev–Trinajstić information content (AvgIpc) is 3.18. The molecule has 1 aliphatic rings. The number of hydrogen-bond donors (Lipinski definition) is 1. The van der Waals surface area contributed by atoms with Crippen molar-refractivity contribution in [2.45, 2.75) is 26.2 Å². The van der Waals surface area contributed by atoms with Crippen molar-refractivity contribution in [3.05, 3.63) is 29.3 Å². The van der Waals surface area contributed by atoms with Crippen LogP contribution in [0.5, 0.6) is 0 Å². The molecule has 1 fully saturated rings. The summed E-state index contributed by atoms with van der Waals surface area (Å²) in [5, 5.41) is 12.3. The molecule has 1 saturated carbocycles. The fraction of sp³-hybridized carbons (Fsp3) is 0.533. The van der Waals surface area contributed by atoms with Crippen LogP contribution in [0.3, 0.4) is 0 Å². The van der Waals surface area contributed by atoms with E-state index in [0.29, 0.717) is 5.56 Å². The van der Waals surface area contributed by atoms with E-state index >= 15 is 0 Å². The summed E-state index contributed by atoms with van der Waals surface area (Å²) in [5.74, 6) is 0.833. The molecule has 96 valence electrons. The minimum Gasteiger partial charge on any atom is -0.384 e. The molecule has 0 heterocycles. The maximum absolute atomic E-state index is 9.00. The molecular weight excluding hydrogens is 224 g/mol. The minimum absolute atomic E-state index is 0.708. The summed E-state index contributed by atoms with van der Waals surface area (Å²) in [7, 11) is 0. The summed E-state index contributed by atoms with van der Waals surface area (Å²) < 4.78 is 5.57. The number of ether oxygens (including phenoxy) is 1. The quantitative estimate of drug-likeness (QED) is 0.750. The van der Waals surface area contributed by atoms with Crippen LogP contribution in [0.1, 0.15) is 30.4 Å². The number of anilines is 1. The third-order valence-corrected chi connectivity index (χ3v) is 3.13. The zero-order chi connectivity index (χ0) is 12.8. The average molecular weight is 244 g/mol. The van der Waals surface area contributed by atoms with Gasteiger partial charge in [0.1, 0.15) is 6.07 Å². The Balaban J connectivity index is 1.68. The summed E-state index contributed by atoms with van der Waals surface area (Å²) in [4.78, 5) is 0. The Hall–Kier alpha value is -1.53. The maximum Gasteiger partial charge on any atom is 0.101 e. The first-order chi connectivity index (χ1) is 8.79. The molecule has 0 radical (unpaired) electrons. The normalized spacial score (nSPS) is 14.2. The third kappa shape index (κ3) is 4.05. The molecule has 0 aromatic heterocycles. The van der Waals surface area contributed by atoms with Crippen LogP contribution >= 0.6 is 0 Å². The molecule has 0 saturated heterocycles. The van der Waals surface area contributed by atoms with E-state index in [4.69, 9.17) is 10.00 Å². The molecular formula is C15H20N2O. The lowest BCUT2D eigenvalue weighted by Crippen LogP contribution is -2.08. The second-order valence-electron chi connectivity index (χ2n) is 4.96. The number of aryl methyl sites for hydroxylation is 1. The van der Waals surface area contributed by atoms with Gasteiger partial charge in [0.2, 0.25) is 0 Å². The topological polar surface area (TPSA) is 45.0 Å². The summed E-state index contributed by atoms with van der Waals surface area (Å²) in [6.07, 6.45) is 3.66. The van der Waals surface area contributed by atoms with E-state index in [0.717, 1.165) is 37.8 Å². The predicted molar refractivity (Wildman–Crippen MR) is 72.5 cm³/mol. The van der Waals surface area contributed by atoms with E-state index in [1.165, 1.54) is 18.4 Å². The number of nitrogens with zero attached hydrogens (tertiary/aromatic N) is 1. The van der Waals surface area contributed by atoms with Crippen molar-refractivity contribution in [1.82, 2.24) is 0 Å². The molecule has 18 heavy (non-hydrogen) atoms. The molecule has 0 unspecified atom stereocenters. The van der Waals surface area contributed by atoms with Crippen LogP contribution in [0.4, 0.5) is 5.69 Å². The number of nitriles is 1. The Morgan fingerprint density at radius 3 is 3.00 bits per heavy atom. The molecule has 1 aromatic rings. The first-order valence-electron chi connectivity index (χ1n) is 6.62. The maximum atomic E-state index is 9.00. The van der Waals surface area contributed by atoms with Crippen LogP contribution in [-0.4, -0.2) is 19.8 Å². The Morgan fingerprint density at radius 1 is 1.44 bits per heavy atom. The van der Waals surface area contributed by atoms with Crippen molar-refractivity contribution < 1.29 is 4.74 Å². The van der Waals surface area contributed by atoms with Crippen molar-refractivity contribution in [2.75, 3.05) is 25.1 Å². The second-order valence-corrected chi connectivity index (χ2v) is 4.96. The van der Waals surface area contributed by atoms with Crippen LogP contribution in [0.2, 0.25) is 0 Å². The van der Waals surface area contributed by atoms with E-state index in [1.807, 2.05) is 25.1 Å². The van der Waals surface area contributed by atoms with Gasteiger partial charge in [-0.1, -0.05) is 6.07 Å². The molecule has 3 nitrogen and oxygen atoms in total. The summed E-state index contributed by atoms with van der Waals surface area (Å²) in [6, 6.07) is 8.04. The summed E-state index contributed by atoms with van der Waals surface area (Å²) in [5.41, 5.74) is 2.81. The molecule has 0 spiro atoms. The van der Waals surface area contributed by atoms with Crippen molar-refractivity contribution in [3.63, 3.8) is 0 Å². The van der Waals surface area contributed by atoms with Gasteiger partial charge in [0.05, 0.1) is 11.3 Å². The van der Waals surface area contributed by atoms with Crippen molar-refractivity contribution in [2.24, 2.45) is 5.92 Å². The molecule has 0 aliphatic heterocycles. The highest BCUT2D eigenvalue weighted by atomic mass is 16.5. The predicted octanol–water partition coefficient (Wildman–Crippen LogP) is 3.10. The van der Waals surface area contributed by atoms with Crippen molar-refractivity contribution in [3.8, 4) is 6.07 Å². The second kappa shape index (κ2) is 6.42. The van der Waals surface area contributed by atoms with Crippen LogP contribution in [-0.2, 0) is 4.74 Å². The zero-order valence-corrected chi connectivity index (χ0v) is 10.9. The van der Waals surface area contributed by atoms with Crippen molar-refractivity contribution in [1.29, 1.82) is 5.26 Å². The molecule has 3 heteroatoms.